The molecule has 4 rings (SSSR count). The minimum atomic E-state index is -0.820. The Bertz CT molecular complexity index is 1110. The van der Waals surface area contributed by atoms with Crippen molar-refractivity contribution < 1.29 is 14.4 Å². The smallest absolute Gasteiger partial charge is 0.324 e. The van der Waals surface area contributed by atoms with Gasteiger partial charge in [0.25, 0.3) is 5.91 Å². The Morgan fingerprint density at radius 1 is 1.06 bits per heavy atom. The van der Waals surface area contributed by atoms with Crippen molar-refractivity contribution in [1.82, 2.24) is 25.1 Å². The third kappa shape index (κ3) is 4.58. The van der Waals surface area contributed by atoms with Crippen LogP contribution in [0.15, 0.2) is 54.6 Å². The number of imide groups is 1. The van der Waals surface area contributed by atoms with Crippen molar-refractivity contribution in [3.63, 3.8) is 0 Å². The first-order valence-electron chi connectivity index (χ1n) is 10.4. The van der Waals surface area contributed by atoms with Crippen LogP contribution in [0.3, 0.4) is 0 Å². The van der Waals surface area contributed by atoms with Gasteiger partial charge in [0.1, 0.15) is 11.9 Å². The highest BCUT2D eigenvalue weighted by Crippen LogP contribution is 2.14. The Morgan fingerprint density at radius 2 is 1.81 bits per heavy atom. The maximum absolute atomic E-state index is 12.6. The Hall–Kier alpha value is -3.68. The fraction of sp³-hybridized carbons (Fsp3) is 0.304. The summed E-state index contributed by atoms with van der Waals surface area (Å²) in [6.07, 6.45) is 1.08. The van der Waals surface area contributed by atoms with Gasteiger partial charge in [-0.15, -0.1) is 0 Å². The highest BCUT2D eigenvalue weighted by molar-refractivity contribution is 6.05. The second-order valence-corrected chi connectivity index (χ2v) is 7.61. The van der Waals surface area contributed by atoms with Crippen LogP contribution in [0.4, 0.5) is 4.79 Å². The number of carbonyl (C=O) groups excluding carboxylic acids is 3. The number of para-hydroxylation sites is 2. The van der Waals surface area contributed by atoms with Crippen LogP contribution in [-0.2, 0) is 29.5 Å². The molecule has 4 amide bonds. The number of aromatic nitrogens is 2. The zero-order valence-electron chi connectivity index (χ0n) is 17.4. The summed E-state index contributed by atoms with van der Waals surface area (Å²) in [5, 5.41) is 5.44. The van der Waals surface area contributed by atoms with E-state index in [1.165, 1.54) is 4.90 Å². The SMILES string of the molecule is Cn1c(CCNC(=O)CC2NC(=O)N(CCc3ccccc3)C2=O)nc2ccccc21. The fourth-order valence-corrected chi connectivity index (χ4v) is 3.80. The van der Waals surface area contributed by atoms with Crippen LogP contribution in [-0.4, -0.2) is 51.4 Å². The molecule has 0 bridgehead atoms. The number of imidazole rings is 1. The van der Waals surface area contributed by atoms with E-state index in [1.807, 2.05) is 66.2 Å². The van der Waals surface area contributed by atoms with Crippen LogP contribution in [0, 0.1) is 0 Å². The number of nitrogens with zero attached hydrogens (tertiary/aromatic N) is 3. The lowest BCUT2D eigenvalue weighted by Gasteiger charge is -2.13. The maximum Gasteiger partial charge on any atom is 0.324 e. The number of nitrogens with one attached hydrogen (secondary N) is 2. The Balaban J connectivity index is 1.26. The molecule has 31 heavy (non-hydrogen) atoms. The average Bonchev–Trinajstić information content (AvgIpc) is 3.23. The highest BCUT2D eigenvalue weighted by atomic mass is 16.2. The van der Waals surface area contributed by atoms with E-state index in [9.17, 15) is 14.4 Å². The number of carbonyl (C=O) groups is 3. The largest absolute Gasteiger partial charge is 0.356 e. The predicted molar refractivity (Wildman–Crippen MR) is 116 cm³/mol. The monoisotopic (exact) mass is 419 g/mol. The van der Waals surface area contributed by atoms with Crippen LogP contribution in [0.25, 0.3) is 11.0 Å². The number of fused-ring (bicyclic) bond motifs is 1. The maximum atomic E-state index is 12.6. The standard InChI is InChI=1S/C23H25N5O3/c1-27-19-10-6-5-9-17(19)25-20(27)11-13-24-21(29)15-18-22(30)28(23(31)26-18)14-12-16-7-3-2-4-8-16/h2-10,18H,11-15H2,1H3,(H,24,29)(H,26,31). The van der Waals surface area contributed by atoms with Crippen LogP contribution in [0.2, 0.25) is 0 Å². The van der Waals surface area contributed by atoms with Gasteiger partial charge in [-0.1, -0.05) is 42.5 Å². The summed E-state index contributed by atoms with van der Waals surface area (Å²) < 4.78 is 2.01. The van der Waals surface area contributed by atoms with E-state index in [1.54, 1.807) is 0 Å². The summed E-state index contributed by atoms with van der Waals surface area (Å²) in [7, 11) is 1.95. The molecule has 1 aliphatic rings. The molecular formula is C23H25N5O3. The molecule has 160 valence electrons. The van der Waals surface area contributed by atoms with Crippen molar-refractivity contribution in [2.45, 2.75) is 25.3 Å². The normalized spacial score (nSPS) is 16.0. The average molecular weight is 419 g/mol. The van der Waals surface area contributed by atoms with Gasteiger partial charge in [-0.3, -0.25) is 14.5 Å². The van der Waals surface area contributed by atoms with E-state index in [2.05, 4.69) is 15.6 Å². The third-order valence-electron chi connectivity index (χ3n) is 5.51. The number of urea groups is 1. The number of aryl methyl sites for hydroxylation is 1. The number of benzene rings is 2. The van der Waals surface area contributed by atoms with Crippen molar-refractivity contribution >= 4 is 28.9 Å². The van der Waals surface area contributed by atoms with E-state index >= 15 is 0 Å². The second-order valence-electron chi connectivity index (χ2n) is 7.61. The molecule has 0 spiro atoms. The Labute approximate surface area is 180 Å². The lowest BCUT2D eigenvalue weighted by atomic mass is 10.1. The fourth-order valence-electron chi connectivity index (χ4n) is 3.80. The second kappa shape index (κ2) is 8.99. The molecule has 3 aromatic rings. The number of hydrogen-bond acceptors (Lipinski definition) is 4. The molecule has 2 aromatic carbocycles. The Morgan fingerprint density at radius 3 is 2.58 bits per heavy atom. The van der Waals surface area contributed by atoms with E-state index in [0.29, 0.717) is 25.9 Å². The quantitative estimate of drug-likeness (QED) is 0.544. The van der Waals surface area contributed by atoms with Crippen molar-refractivity contribution in [3.8, 4) is 0 Å². The van der Waals surface area contributed by atoms with Crippen molar-refractivity contribution in [1.29, 1.82) is 0 Å². The highest BCUT2D eigenvalue weighted by Gasteiger charge is 2.38. The molecule has 0 aliphatic carbocycles. The molecule has 0 saturated carbocycles. The first-order chi connectivity index (χ1) is 15.0. The Kier molecular flexibility index (Phi) is 5.97. The van der Waals surface area contributed by atoms with Gasteiger partial charge < -0.3 is 15.2 Å². The lowest BCUT2D eigenvalue weighted by Crippen LogP contribution is -2.37. The van der Waals surface area contributed by atoms with Crippen molar-refractivity contribution in [2.24, 2.45) is 7.05 Å². The van der Waals surface area contributed by atoms with Gasteiger partial charge in [-0.25, -0.2) is 9.78 Å². The molecule has 1 atom stereocenters. The molecule has 2 N–H and O–H groups in total. The predicted octanol–water partition coefficient (Wildman–Crippen LogP) is 1.79. The van der Waals surface area contributed by atoms with Gasteiger partial charge in [0, 0.05) is 26.6 Å². The van der Waals surface area contributed by atoms with Crippen LogP contribution >= 0.6 is 0 Å². The number of hydrogen-bond donors (Lipinski definition) is 2. The summed E-state index contributed by atoms with van der Waals surface area (Å²) in [6, 6.07) is 16.3. The van der Waals surface area contributed by atoms with E-state index in [4.69, 9.17) is 0 Å². The summed E-state index contributed by atoms with van der Waals surface area (Å²) >= 11 is 0. The van der Waals surface area contributed by atoms with E-state index < -0.39 is 12.1 Å². The lowest BCUT2D eigenvalue weighted by molar-refractivity contribution is -0.130. The van der Waals surface area contributed by atoms with Crippen LogP contribution < -0.4 is 10.6 Å². The molecule has 8 heteroatoms. The zero-order chi connectivity index (χ0) is 21.8. The molecule has 2 heterocycles. The number of rotatable bonds is 8. The van der Waals surface area contributed by atoms with Crippen molar-refractivity contribution in [3.05, 3.63) is 66.0 Å². The van der Waals surface area contributed by atoms with Gasteiger partial charge in [0.15, 0.2) is 0 Å². The minimum absolute atomic E-state index is 0.0745. The molecule has 1 aromatic heterocycles. The molecule has 1 fully saturated rings. The molecule has 0 radical (unpaired) electrons. The molecule has 1 aliphatic heterocycles. The summed E-state index contributed by atoms with van der Waals surface area (Å²) in [5.41, 5.74) is 3.01. The van der Waals surface area contributed by atoms with Gasteiger partial charge in [0.2, 0.25) is 5.91 Å². The first kappa shape index (κ1) is 20.6. The minimum Gasteiger partial charge on any atom is -0.356 e. The third-order valence-corrected chi connectivity index (χ3v) is 5.51. The summed E-state index contributed by atoms with van der Waals surface area (Å²) in [4.78, 5) is 42.8. The van der Waals surface area contributed by atoms with Crippen LogP contribution in [0.1, 0.15) is 17.8 Å². The first-order valence-corrected chi connectivity index (χ1v) is 10.4. The van der Waals surface area contributed by atoms with E-state index in [0.717, 1.165) is 22.4 Å². The van der Waals surface area contributed by atoms with E-state index in [-0.39, 0.29) is 18.2 Å². The summed E-state index contributed by atoms with van der Waals surface area (Å²) in [6.45, 7) is 0.697. The van der Waals surface area contributed by atoms with Gasteiger partial charge >= 0.3 is 6.03 Å². The molecule has 1 saturated heterocycles. The molecular weight excluding hydrogens is 394 g/mol. The number of amides is 4. The molecule has 8 nitrogen and oxygen atoms in total. The van der Waals surface area contributed by atoms with Gasteiger partial charge in [0.05, 0.1) is 17.5 Å². The van der Waals surface area contributed by atoms with Crippen molar-refractivity contribution in [2.75, 3.05) is 13.1 Å². The van der Waals surface area contributed by atoms with Gasteiger partial charge in [-0.05, 0) is 24.1 Å². The van der Waals surface area contributed by atoms with Gasteiger partial charge in [-0.2, -0.15) is 0 Å². The molecule has 1 unspecified atom stereocenters. The zero-order valence-corrected chi connectivity index (χ0v) is 17.4. The summed E-state index contributed by atoms with van der Waals surface area (Å²) in [5.74, 6) is 0.243. The van der Waals surface area contributed by atoms with Crippen LogP contribution in [0.5, 0.6) is 0 Å². The topological polar surface area (TPSA) is 96.3 Å².